The molecule has 1 aromatic carbocycles. The van der Waals surface area contributed by atoms with E-state index in [-0.39, 0.29) is 0 Å². The lowest BCUT2D eigenvalue weighted by atomic mass is 9.94. The first-order valence-electron chi connectivity index (χ1n) is 9.48. The Morgan fingerprint density at radius 2 is 2.20 bits per heavy atom. The molecule has 1 N–H and O–H groups in total. The minimum atomic E-state index is 0.670. The van der Waals surface area contributed by atoms with Crippen LogP contribution < -0.4 is 0 Å². The molecule has 2 aromatic heterocycles. The molecule has 0 saturated carbocycles. The number of nitrogens with zero attached hydrogens (tertiary/aromatic N) is 4. The van der Waals surface area contributed by atoms with E-state index >= 15 is 0 Å². The van der Waals surface area contributed by atoms with Crippen LogP contribution in [0.3, 0.4) is 0 Å². The second-order valence-electron chi connectivity index (χ2n) is 7.19. The molecule has 0 aliphatic carbocycles. The van der Waals surface area contributed by atoms with Gasteiger partial charge in [0.15, 0.2) is 0 Å². The lowest BCUT2D eigenvalue weighted by Crippen LogP contribution is -2.36. The van der Waals surface area contributed by atoms with E-state index in [4.69, 9.17) is 4.98 Å². The van der Waals surface area contributed by atoms with Crippen LogP contribution in [0.15, 0.2) is 36.7 Å². The number of aryl methyl sites for hydroxylation is 1. The van der Waals surface area contributed by atoms with E-state index in [0.29, 0.717) is 5.92 Å². The van der Waals surface area contributed by atoms with Crippen LogP contribution >= 0.6 is 0 Å². The molecule has 0 spiro atoms. The average molecular weight is 337 g/mol. The SMILES string of the molecule is CCCn1ccnc1CN1CCC[C@@H](Cc2nc3ccccc3[nH]2)C1. The van der Waals surface area contributed by atoms with Crippen LogP contribution in [0.1, 0.15) is 37.8 Å². The molecule has 25 heavy (non-hydrogen) atoms. The molecule has 132 valence electrons. The Labute approximate surface area is 149 Å². The normalized spacial score (nSPS) is 18.8. The van der Waals surface area contributed by atoms with Gasteiger partial charge in [-0.2, -0.15) is 0 Å². The van der Waals surface area contributed by atoms with E-state index in [1.807, 2.05) is 12.3 Å². The topological polar surface area (TPSA) is 49.7 Å². The van der Waals surface area contributed by atoms with Crippen molar-refractivity contribution >= 4 is 11.0 Å². The third-order valence-electron chi connectivity index (χ3n) is 5.15. The molecule has 1 fully saturated rings. The summed E-state index contributed by atoms with van der Waals surface area (Å²) in [5, 5.41) is 0. The molecule has 3 heterocycles. The lowest BCUT2D eigenvalue weighted by molar-refractivity contribution is 0.160. The highest BCUT2D eigenvalue weighted by atomic mass is 15.2. The number of hydrogen-bond acceptors (Lipinski definition) is 3. The summed E-state index contributed by atoms with van der Waals surface area (Å²) in [5.74, 6) is 3.00. The minimum absolute atomic E-state index is 0.670. The lowest BCUT2D eigenvalue weighted by Gasteiger charge is -2.32. The molecular weight excluding hydrogens is 310 g/mol. The van der Waals surface area contributed by atoms with Crippen molar-refractivity contribution in [3.63, 3.8) is 0 Å². The van der Waals surface area contributed by atoms with Crippen molar-refractivity contribution in [2.24, 2.45) is 5.92 Å². The van der Waals surface area contributed by atoms with Gasteiger partial charge in [0.05, 0.1) is 17.6 Å². The zero-order chi connectivity index (χ0) is 17.1. The van der Waals surface area contributed by atoms with Gasteiger partial charge in [-0.15, -0.1) is 0 Å². The second-order valence-corrected chi connectivity index (χ2v) is 7.19. The number of para-hydroxylation sites is 2. The van der Waals surface area contributed by atoms with E-state index in [0.717, 1.165) is 49.3 Å². The quantitative estimate of drug-likeness (QED) is 0.747. The number of likely N-dealkylation sites (tertiary alicyclic amines) is 1. The molecule has 1 aliphatic heterocycles. The van der Waals surface area contributed by atoms with Crippen LogP contribution in [0, 0.1) is 5.92 Å². The number of piperidine rings is 1. The highest BCUT2D eigenvalue weighted by Crippen LogP contribution is 2.22. The summed E-state index contributed by atoms with van der Waals surface area (Å²) in [4.78, 5) is 15.4. The van der Waals surface area contributed by atoms with Gasteiger partial charge in [0, 0.05) is 31.9 Å². The van der Waals surface area contributed by atoms with Gasteiger partial charge in [-0.3, -0.25) is 4.90 Å². The number of hydrogen-bond donors (Lipinski definition) is 1. The highest BCUT2D eigenvalue weighted by Gasteiger charge is 2.22. The highest BCUT2D eigenvalue weighted by molar-refractivity contribution is 5.74. The van der Waals surface area contributed by atoms with Gasteiger partial charge in [0.1, 0.15) is 11.6 Å². The molecule has 3 aromatic rings. The van der Waals surface area contributed by atoms with Crippen molar-refractivity contribution in [2.45, 2.75) is 45.7 Å². The Balaban J connectivity index is 1.39. The van der Waals surface area contributed by atoms with Gasteiger partial charge in [-0.1, -0.05) is 19.1 Å². The zero-order valence-electron chi connectivity index (χ0n) is 15.0. The smallest absolute Gasteiger partial charge is 0.122 e. The summed E-state index contributed by atoms with van der Waals surface area (Å²) < 4.78 is 2.29. The summed E-state index contributed by atoms with van der Waals surface area (Å²) in [6.07, 6.45) is 8.78. The molecular formula is C20H27N5. The number of aromatic nitrogens is 4. The Kier molecular flexibility index (Phi) is 4.83. The third-order valence-corrected chi connectivity index (χ3v) is 5.15. The Morgan fingerprint density at radius 3 is 3.08 bits per heavy atom. The number of H-pyrrole nitrogens is 1. The first-order valence-corrected chi connectivity index (χ1v) is 9.48. The number of imidazole rings is 2. The molecule has 5 heteroatoms. The molecule has 0 bridgehead atoms. The van der Waals surface area contributed by atoms with Gasteiger partial charge >= 0.3 is 0 Å². The van der Waals surface area contributed by atoms with Crippen molar-refractivity contribution in [2.75, 3.05) is 13.1 Å². The summed E-state index contributed by atoms with van der Waals surface area (Å²) in [7, 11) is 0. The van der Waals surface area contributed by atoms with Gasteiger partial charge in [0.2, 0.25) is 0 Å². The third kappa shape index (κ3) is 3.76. The van der Waals surface area contributed by atoms with Crippen LogP contribution in [0.5, 0.6) is 0 Å². The number of rotatable bonds is 6. The van der Waals surface area contributed by atoms with E-state index in [2.05, 4.69) is 50.8 Å². The van der Waals surface area contributed by atoms with E-state index < -0.39 is 0 Å². The molecule has 4 rings (SSSR count). The van der Waals surface area contributed by atoms with Crippen molar-refractivity contribution in [3.8, 4) is 0 Å². The standard InChI is InChI=1S/C20H27N5/c1-2-10-25-12-9-21-20(25)15-24-11-5-6-16(14-24)13-19-22-17-7-3-4-8-18(17)23-19/h3-4,7-9,12,16H,2,5-6,10-11,13-15H2,1H3,(H,22,23)/t16-/m0/s1. The molecule has 1 saturated heterocycles. The molecule has 0 unspecified atom stereocenters. The van der Waals surface area contributed by atoms with Gasteiger partial charge in [-0.25, -0.2) is 9.97 Å². The predicted molar refractivity (Wildman–Crippen MR) is 100 cm³/mol. The molecule has 0 radical (unpaired) electrons. The fourth-order valence-corrected chi connectivity index (χ4v) is 3.97. The van der Waals surface area contributed by atoms with Crippen LogP contribution in [0.4, 0.5) is 0 Å². The molecule has 5 nitrogen and oxygen atoms in total. The summed E-state index contributed by atoms with van der Waals surface area (Å²) >= 11 is 0. The maximum absolute atomic E-state index is 4.76. The maximum atomic E-state index is 4.76. The zero-order valence-corrected chi connectivity index (χ0v) is 15.0. The van der Waals surface area contributed by atoms with Crippen LogP contribution in [0.2, 0.25) is 0 Å². The van der Waals surface area contributed by atoms with E-state index in [1.165, 1.54) is 25.2 Å². The first-order chi connectivity index (χ1) is 12.3. The summed E-state index contributed by atoms with van der Waals surface area (Å²) in [6.45, 7) is 6.55. The van der Waals surface area contributed by atoms with Crippen LogP contribution in [0.25, 0.3) is 11.0 Å². The number of fused-ring (bicyclic) bond motifs is 1. The maximum Gasteiger partial charge on any atom is 0.122 e. The molecule has 1 atom stereocenters. The van der Waals surface area contributed by atoms with Crippen molar-refractivity contribution in [3.05, 3.63) is 48.3 Å². The van der Waals surface area contributed by atoms with Crippen molar-refractivity contribution in [1.29, 1.82) is 0 Å². The predicted octanol–water partition coefficient (Wildman–Crippen LogP) is 3.62. The fraction of sp³-hybridized carbons (Fsp3) is 0.500. The Hall–Kier alpha value is -2.14. The Bertz CT molecular complexity index is 785. The van der Waals surface area contributed by atoms with Crippen LogP contribution in [-0.4, -0.2) is 37.5 Å². The molecule has 1 aliphatic rings. The minimum Gasteiger partial charge on any atom is -0.342 e. The largest absolute Gasteiger partial charge is 0.342 e. The summed E-state index contributed by atoms with van der Waals surface area (Å²) in [6, 6.07) is 8.29. The van der Waals surface area contributed by atoms with E-state index in [1.54, 1.807) is 0 Å². The van der Waals surface area contributed by atoms with E-state index in [9.17, 15) is 0 Å². The number of benzene rings is 1. The van der Waals surface area contributed by atoms with Gasteiger partial charge in [-0.05, 0) is 43.9 Å². The summed E-state index contributed by atoms with van der Waals surface area (Å²) in [5.41, 5.74) is 2.22. The Morgan fingerprint density at radius 1 is 1.28 bits per heavy atom. The first kappa shape index (κ1) is 16.3. The molecule has 0 amide bonds. The van der Waals surface area contributed by atoms with Crippen LogP contribution in [-0.2, 0) is 19.5 Å². The van der Waals surface area contributed by atoms with Gasteiger partial charge in [0.25, 0.3) is 0 Å². The number of aromatic amines is 1. The average Bonchev–Trinajstić information content (AvgIpc) is 3.22. The van der Waals surface area contributed by atoms with Crippen molar-refractivity contribution < 1.29 is 0 Å². The monoisotopic (exact) mass is 337 g/mol. The van der Waals surface area contributed by atoms with Crippen molar-refractivity contribution in [1.82, 2.24) is 24.4 Å². The van der Waals surface area contributed by atoms with Gasteiger partial charge < -0.3 is 9.55 Å². The fourth-order valence-electron chi connectivity index (χ4n) is 3.97. The second kappa shape index (κ2) is 7.40. The number of nitrogens with one attached hydrogen (secondary N) is 1.